The first-order valence-corrected chi connectivity index (χ1v) is 6.91. The lowest BCUT2D eigenvalue weighted by molar-refractivity contribution is -0.141. The van der Waals surface area contributed by atoms with Crippen LogP contribution in [0.3, 0.4) is 0 Å². The Labute approximate surface area is 117 Å². The zero-order valence-corrected chi connectivity index (χ0v) is 12.3. The van der Waals surface area contributed by atoms with E-state index in [-0.39, 0.29) is 0 Å². The maximum absolute atomic E-state index is 12.5. The minimum absolute atomic E-state index is 0.401. The first-order chi connectivity index (χ1) is 9.38. The molecule has 20 heavy (non-hydrogen) atoms. The molecule has 7 heteroatoms. The van der Waals surface area contributed by atoms with Crippen molar-refractivity contribution in [1.82, 2.24) is 20.0 Å². The second-order valence-electron chi connectivity index (χ2n) is 4.70. The molecule has 116 valence electrons. The van der Waals surface area contributed by atoms with Crippen LogP contribution in [0.15, 0.2) is 6.07 Å². The second-order valence-corrected chi connectivity index (χ2v) is 4.70. The summed E-state index contributed by atoms with van der Waals surface area (Å²) in [6.07, 6.45) is -3.40. The topological polar surface area (TPSA) is 33.1 Å². The summed E-state index contributed by atoms with van der Waals surface area (Å²) in [7, 11) is 1.53. The van der Waals surface area contributed by atoms with Gasteiger partial charge < -0.3 is 10.2 Å². The molecule has 0 amide bonds. The van der Waals surface area contributed by atoms with E-state index in [1.165, 1.54) is 11.7 Å². The maximum Gasteiger partial charge on any atom is 0.435 e. The molecule has 0 atom stereocenters. The summed E-state index contributed by atoms with van der Waals surface area (Å²) in [6.45, 7) is 8.46. The molecule has 0 aliphatic carbocycles. The van der Waals surface area contributed by atoms with Gasteiger partial charge in [0.25, 0.3) is 0 Å². The molecule has 4 nitrogen and oxygen atoms in total. The Kier molecular flexibility index (Phi) is 6.48. The Morgan fingerprint density at radius 2 is 1.95 bits per heavy atom. The zero-order valence-electron chi connectivity index (χ0n) is 12.3. The molecule has 0 spiro atoms. The molecular formula is C13H23F3N4. The van der Waals surface area contributed by atoms with Crippen molar-refractivity contribution in [3.63, 3.8) is 0 Å². The molecule has 0 fully saturated rings. The molecule has 0 radical (unpaired) electrons. The van der Waals surface area contributed by atoms with E-state index in [1.807, 2.05) is 0 Å². The van der Waals surface area contributed by atoms with Gasteiger partial charge in [-0.05, 0) is 38.7 Å². The van der Waals surface area contributed by atoms with Crippen molar-refractivity contribution >= 4 is 0 Å². The van der Waals surface area contributed by atoms with Gasteiger partial charge in [-0.3, -0.25) is 4.68 Å². The lowest BCUT2D eigenvalue weighted by atomic mass is 10.3. The molecule has 1 rings (SSSR count). The van der Waals surface area contributed by atoms with Crippen LogP contribution in [0, 0.1) is 0 Å². The summed E-state index contributed by atoms with van der Waals surface area (Å²) >= 11 is 0. The van der Waals surface area contributed by atoms with Gasteiger partial charge in [-0.1, -0.05) is 13.8 Å². The van der Waals surface area contributed by atoms with Crippen LogP contribution >= 0.6 is 0 Å². The number of rotatable bonds is 8. The van der Waals surface area contributed by atoms with E-state index < -0.39 is 11.9 Å². The lowest BCUT2D eigenvalue weighted by Crippen LogP contribution is -2.27. The predicted octanol–water partition coefficient (Wildman–Crippen LogP) is 2.26. The number of alkyl halides is 3. The summed E-state index contributed by atoms with van der Waals surface area (Å²) in [4.78, 5) is 2.31. The molecule has 1 N–H and O–H groups in total. The quantitative estimate of drug-likeness (QED) is 0.746. The number of aromatic nitrogens is 2. The van der Waals surface area contributed by atoms with Crippen LogP contribution in [0.25, 0.3) is 0 Å². The summed E-state index contributed by atoms with van der Waals surface area (Å²) in [6, 6.07) is 1.09. The van der Waals surface area contributed by atoms with Gasteiger partial charge in [0.05, 0.1) is 5.69 Å². The van der Waals surface area contributed by atoms with E-state index in [1.54, 1.807) is 0 Å². The van der Waals surface area contributed by atoms with Crippen molar-refractivity contribution in [3.8, 4) is 0 Å². The largest absolute Gasteiger partial charge is 0.435 e. The van der Waals surface area contributed by atoms with Gasteiger partial charge in [-0.15, -0.1) is 0 Å². The van der Waals surface area contributed by atoms with Crippen molar-refractivity contribution in [2.24, 2.45) is 7.05 Å². The van der Waals surface area contributed by atoms with E-state index in [4.69, 9.17) is 0 Å². The third-order valence-corrected chi connectivity index (χ3v) is 3.30. The van der Waals surface area contributed by atoms with Crippen LogP contribution in [-0.4, -0.2) is 40.9 Å². The number of nitrogens with one attached hydrogen (secondary N) is 1. The first kappa shape index (κ1) is 17.0. The average Bonchev–Trinajstić information content (AvgIpc) is 2.75. The van der Waals surface area contributed by atoms with E-state index in [0.717, 1.165) is 38.7 Å². The maximum atomic E-state index is 12.5. The molecule has 0 bridgehead atoms. The normalized spacial score (nSPS) is 12.3. The molecule has 1 aromatic heterocycles. The van der Waals surface area contributed by atoms with Gasteiger partial charge in [0.2, 0.25) is 0 Å². The number of halogens is 3. The fourth-order valence-electron chi connectivity index (χ4n) is 1.99. The molecule has 1 heterocycles. The van der Waals surface area contributed by atoms with Gasteiger partial charge >= 0.3 is 6.18 Å². The van der Waals surface area contributed by atoms with Crippen molar-refractivity contribution in [2.75, 3.05) is 26.2 Å². The molecule has 0 saturated carbocycles. The Bertz CT molecular complexity index is 397. The zero-order chi connectivity index (χ0) is 15.2. The minimum Gasteiger partial charge on any atom is -0.311 e. The highest BCUT2D eigenvalue weighted by molar-refractivity contribution is 5.12. The standard InChI is InChI=1S/C13H23F3N4/c1-4-20(5-2)8-6-7-17-10-11-9-12(13(14,15)16)18-19(11)3/h9,17H,4-8,10H2,1-3H3. The van der Waals surface area contributed by atoms with Crippen LogP contribution in [0.2, 0.25) is 0 Å². The van der Waals surface area contributed by atoms with Crippen molar-refractivity contribution in [3.05, 3.63) is 17.5 Å². The Morgan fingerprint density at radius 1 is 1.30 bits per heavy atom. The predicted molar refractivity (Wildman–Crippen MR) is 72.3 cm³/mol. The molecule has 0 aliphatic heterocycles. The van der Waals surface area contributed by atoms with Crippen molar-refractivity contribution in [2.45, 2.75) is 33.0 Å². The Balaban J connectivity index is 2.34. The number of aryl methyl sites for hydroxylation is 1. The monoisotopic (exact) mass is 292 g/mol. The molecule has 0 aromatic carbocycles. The van der Waals surface area contributed by atoms with Crippen molar-refractivity contribution in [1.29, 1.82) is 0 Å². The van der Waals surface area contributed by atoms with E-state index in [2.05, 4.69) is 29.2 Å². The highest BCUT2D eigenvalue weighted by Crippen LogP contribution is 2.28. The van der Waals surface area contributed by atoms with E-state index in [9.17, 15) is 13.2 Å². The smallest absolute Gasteiger partial charge is 0.311 e. The summed E-state index contributed by atoms with van der Waals surface area (Å²) < 4.78 is 38.7. The van der Waals surface area contributed by atoms with Gasteiger partial charge in [-0.2, -0.15) is 18.3 Å². The van der Waals surface area contributed by atoms with Gasteiger partial charge in [0.1, 0.15) is 0 Å². The first-order valence-electron chi connectivity index (χ1n) is 6.91. The summed E-state index contributed by atoms with van der Waals surface area (Å²) in [5.41, 5.74) is -0.292. The SMILES string of the molecule is CCN(CC)CCCNCc1cc(C(F)(F)F)nn1C. The Morgan fingerprint density at radius 3 is 2.45 bits per heavy atom. The van der Waals surface area contributed by atoms with Gasteiger partial charge in [0, 0.05) is 13.6 Å². The summed E-state index contributed by atoms with van der Waals surface area (Å²) in [5.74, 6) is 0. The number of hydrogen-bond acceptors (Lipinski definition) is 3. The third kappa shape index (κ3) is 5.13. The van der Waals surface area contributed by atoms with E-state index >= 15 is 0 Å². The van der Waals surface area contributed by atoms with Crippen LogP contribution in [-0.2, 0) is 19.8 Å². The average molecular weight is 292 g/mol. The van der Waals surface area contributed by atoms with Crippen LogP contribution in [0.4, 0.5) is 13.2 Å². The van der Waals surface area contributed by atoms with Crippen LogP contribution in [0.1, 0.15) is 31.7 Å². The number of hydrogen-bond donors (Lipinski definition) is 1. The van der Waals surface area contributed by atoms with Crippen molar-refractivity contribution < 1.29 is 13.2 Å². The lowest BCUT2D eigenvalue weighted by Gasteiger charge is -2.17. The number of nitrogens with zero attached hydrogens (tertiary/aromatic N) is 3. The fraction of sp³-hybridized carbons (Fsp3) is 0.769. The fourth-order valence-corrected chi connectivity index (χ4v) is 1.99. The second kappa shape index (κ2) is 7.64. The molecule has 0 saturated heterocycles. The van der Waals surface area contributed by atoms with Crippen LogP contribution < -0.4 is 5.32 Å². The Hall–Kier alpha value is -1.08. The molecular weight excluding hydrogens is 269 g/mol. The molecule has 0 unspecified atom stereocenters. The third-order valence-electron chi connectivity index (χ3n) is 3.30. The highest BCUT2D eigenvalue weighted by Gasteiger charge is 2.34. The van der Waals surface area contributed by atoms with Crippen LogP contribution in [0.5, 0.6) is 0 Å². The summed E-state index contributed by atoms with van der Waals surface area (Å²) in [5, 5.41) is 6.63. The molecule has 1 aromatic rings. The van der Waals surface area contributed by atoms with Gasteiger partial charge in [0.15, 0.2) is 5.69 Å². The van der Waals surface area contributed by atoms with Gasteiger partial charge in [-0.25, -0.2) is 0 Å². The van der Waals surface area contributed by atoms with E-state index in [0.29, 0.717) is 12.2 Å². The highest BCUT2D eigenvalue weighted by atomic mass is 19.4. The molecule has 0 aliphatic rings. The minimum atomic E-state index is -4.38.